The zero-order chi connectivity index (χ0) is 19.7. The van der Waals surface area contributed by atoms with E-state index in [1.165, 1.54) is 0 Å². The van der Waals surface area contributed by atoms with E-state index in [-0.39, 0.29) is 12.5 Å². The lowest BCUT2D eigenvalue weighted by Crippen LogP contribution is -2.49. The molecule has 0 bridgehead atoms. The summed E-state index contributed by atoms with van der Waals surface area (Å²) in [5, 5.41) is 10.9. The van der Waals surface area contributed by atoms with Gasteiger partial charge in [0.2, 0.25) is 5.91 Å². The molecule has 4 rings (SSSR count). The molecule has 1 N–H and O–H groups in total. The van der Waals surface area contributed by atoms with Gasteiger partial charge in [-0.1, -0.05) is 30.3 Å². The van der Waals surface area contributed by atoms with Crippen LogP contribution >= 0.6 is 0 Å². The first kappa shape index (κ1) is 19.8. The largest absolute Gasteiger partial charge is 0.388 e. The summed E-state index contributed by atoms with van der Waals surface area (Å²) < 4.78 is 24.0. The van der Waals surface area contributed by atoms with Gasteiger partial charge in [0.1, 0.15) is 24.4 Å². The molecule has 3 aliphatic rings. The summed E-state index contributed by atoms with van der Waals surface area (Å²) >= 11 is 0. The number of fused-ring (bicyclic) bond motifs is 1. The normalized spacial score (nSPS) is 33.1. The Morgan fingerprint density at radius 1 is 1.25 bits per heavy atom. The summed E-state index contributed by atoms with van der Waals surface area (Å²) in [6.45, 7) is 4.96. The zero-order valence-corrected chi connectivity index (χ0v) is 16.5. The van der Waals surface area contributed by atoms with Crippen molar-refractivity contribution < 1.29 is 28.8 Å². The third kappa shape index (κ3) is 4.23. The van der Waals surface area contributed by atoms with Crippen molar-refractivity contribution in [1.29, 1.82) is 0 Å². The molecule has 0 spiro atoms. The maximum atomic E-state index is 12.1. The lowest BCUT2D eigenvalue weighted by Gasteiger charge is -2.33. The van der Waals surface area contributed by atoms with Gasteiger partial charge in [-0.25, -0.2) is 0 Å². The van der Waals surface area contributed by atoms with Crippen molar-refractivity contribution in [2.75, 3.05) is 13.1 Å². The molecule has 0 saturated carbocycles. The second kappa shape index (κ2) is 8.08. The van der Waals surface area contributed by atoms with Crippen LogP contribution in [0.25, 0.3) is 0 Å². The van der Waals surface area contributed by atoms with Gasteiger partial charge in [-0.2, -0.15) is 0 Å². The van der Waals surface area contributed by atoms with E-state index in [4.69, 9.17) is 18.9 Å². The maximum absolute atomic E-state index is 12.1. The Balaban J connectivity index is 1.45. The molecule has 0 aromatic heterocycles. The van der Waals surface area contributed by atoms with Gasteiger partial charge in [0.05, 0.1) is 6.61 Å². The molecule has 28 heavy (non-hydrogen) atoms. The van der Waals surface area contributed by atoms with Crippen molar-refractivity contribution in [2.45, 2.75) is 76.2 Å². The Labute approximate surface area is 165 Å². The highest BCUT2D eigenvalue weighted by Crippen LogP contribution is 2.40. The molecular weight excluding hydrogens is 362 g/mol. The van der Waals surface area contributed by atoms with Crippen LogP contribution in [0.3, 0.4) is 0 Å². The quantitative estimate of drug-likeness (QED) is 0.797. The fourth-order valence-corrected chi connectivity index (χ4v) is 4.15. The van der Waals surface area contributed by atoms with Crippen LogP contribution in [0.4, 0.5) is 0 Å². The van der Waals surface area contributed by atoms with E-state index >= 15 is 0 Å². The SMILES string of the molecule is CC1(C)O[C@H]2O[C@H]([C@H](O)CN3CCCCC3=O)[C@H](OCc3ccccc3)[C@H]2O1. The number of benzene rings is 1. The third-order valence-electron chi connectivity index (χ3n) is 5.52. The molecule has 154 valence electrons. The molecular formula is C21H29NO6. The molecule has 3 aliphatic heterocycles. The molecule has 0 aliphatic carbocycles. The fraction of sp³-hybridized carbons (Fsp3) is 0.667. The Kier molecular flexibility index (Phi) is 5.71. The van der Waals surface area contributed by atoms with E-state index in [0.717, 1.165) is 18.4 Å². The number of carbonyl (C=O) groups is 1. The summed E-state index contributed by atoms with van der Waals surface area (Å²) in [5.41, 5.74) is 1.03. The van der Waals surface area contributed by atoms with Crippen molar-refractivity contribution in [3.05, 3.63) is 35.9 Å². The number of hydrogen-bond acceptors (Lipinski definition) is 6. The van der Waals surface area contributed by atoms with Gasteiger partial charge in [0, 0.05) is 19.5 Å². The predicted molar refractivity (Wildman–Crippen MR) is 100 cm³/mol. The van der Waals surface area contributed by atoms with Gasteiger partial charge in [0.25, 0.3) is 0 Å². The number of hydrogen-bond donors (Lipinski definition) is 1. The molecule has 0 radical (unpaired) electrons. The fourth-order valence-electron chi connectivity index (χ4n) is 4.15. The molecule has 7 heteroatoms. The molecule has 0 unspecified atom stereocenters. The second-order valence-corrected chi connectivity index (χ2v) is 8.19. The first-order valence-corrected chi connectivity index (χ1v) is 10.1. The summed E-state index contributed by atoms with van der Waals surface area (Å²) in [7, 11) is 0. The van der Waals surface area contributed by atoms with Crippen LogP contribution in [0.2, 0.25) is 0 Å². The third-order valence-corrected chi connectivity index (χ3v) is 5.52. The molecule has 1 aromatic rings. The first-order chi connectivity index (χ1) is 13.4. The number of ether oxygens (including phenoxy) is 4. The number of β-amino-alcohol motifs (C(OH)–C–C–N with tert-alkyl or cyclic N) is 1. The summed E-state index contributed by atoms with van der Waals surface area (Å²) in [6.07, 6.45) is -0.575. The minimum absolute atomic E-state index is 0.0823. The number of likely N-dealkylation sites (tertiary alicyclic amines) is 1. The molecule has 3 saturated heterocycles. The van der Waals surface area contributed by atoms with Crippen LogP contribution in [0, 0.1) is 0 Å². The highest BCUT2D eigenvalue weighted by Gasteiger charge is 2.57. The van der Waals surface area contributed by atoms with E-state index in [9.17, 15) is 9.90 Å². The topological polar surface area (TPSA) is 77.5 Å². The molecule has 1 aromatic carbocycles. The summed E-state index contributed by atoms with van der Waals surface area (Å²) in [6, 6.07) is 9.84. The van der Waals surface area contributed by atoms with Gasteiger partial charge in [-0.15, -0.1) is 0 Å². The smallest absolute Gasteiger partial charge is 0.222 e. The first-order valence-electron chi connectivity index (χ1n) is 10.1. The summed E-state index contributed by atoms with van der Waals surface area (Å²) in [5.74, 6) is -0.679. The maximum Gasteiger partial charge on any atom is 0.222 e. The zero-order valence-electron chi connectivity index (χ0n) is 16.5. The average Bonchev–Trinajstić information content (AvgIpc) is 3.14. The van der Waals surface area contributed by atoms with Gasteiger partial charge >= 0.3 is 0 Å². The number of nitrogens with zero attached hydrogens (tertiary/aromatic N) is 1. The Morgan fingerprint density at radius 2 is 2.04 bits per heavy atom. The van der Waals surface area contributed by atoms with E-state index in [0.29, 0.717) is 19.6 Å². The van der Waals surface area contributed by atoms with Crippen molar-refractivity contribution in [2.24, 2.45) is 0 Å². The number of aliphatic hydroxyl groups excluding tert-OH is 1. The van der Waals surface area contributed by atoms with Gasteiger partial charge < -0.3 is 29.0 Å². The Morgan fingerprint density at radius 3 is 2.79 bits per heavy atom. The number of carbonyl (C=O) groups excluding carboxylic acids is 1. The van der Waals surface area contributed by atoms with Crippen molar-refractivity contribution in [1.82, 2.24) is 4.90 Å². The lowest BCUT2D eigenvalue weighted by atomic mass is 10.0. The van der Waals surface area contributed by atoms with Crippen molar-refractivity contribution >= 4 is 5.91 Å². The highest BCUT2D eigenvalue weighted by atomic mass is 16.8. The molecule has 3 fully saturated rings. The summed E-state index contributed by atoms with van der Waals surface area (Å²) in [4.78, 5) is 13.8. The molecule has 3 heterocycles. The van der Waals surface area contributed by atoms with Crippen LogP contribution in [-0.4, -0.2) is 65.5 Å². The Bertz CT molecular complexity index is 681. The van der Waals surface area contributed by atoms with Crippen LogP contribution in [0.1, 0.15) is 38.7 Å². The number of amides is 1. The lowest BCUT2D eigenvalue weighted by molar-refractivity contribution is -0.231. The Hall–Kier alpha value is -1.51. The molecule has 5 atom stereocenters. The standard InChI is InChI=1S/C21H29NO6/c1-21(2)27-19-18(25-13-14-8-4-3-5-9-14)17(26-20(19)28-21)15(23)12-22-11-7-6-10-16(22)24/h3-5,8-9,15,17-20,23H,6-7,10-13H2,1-2H3/t15-,17-,18+,19-,20-/m1/s1. The number of aliphatic hydroxyl groups is 1. The van der Waals surface area contributed by atoms with Crippen LogP contribution in [0.15, 0.2) is 30.3 Å². The molecule has 1 amide bonds. The minimum Gasteiger partial charge on any atom is -0.388 e. The monoisotopic (exact) mass is 391 g/mol. The number of piperidine rings is 1. The van der Waals surface area contributed by atoms with E-state index in [1.54, 1.807) is 4.90 Å². The van der Waals surface area contributed by atoms with E-state index in [2.05, 4.69) is 0 Å². The van der Waals surface area contributed by atoms with Crippen molar-refractivity contribution in [3.63, 3.8) is 0 Å². The van der Waals surface area contributed by atoms with Crippen LogP contribution < -0.4 is 0 Å². The van der Waals surface area contributed by atoms with Gasteiger partial charge in [-0.05, 0) is 32.3 Å². The van der Waals surface area contributed by atoms with E-state index in [1.807, 2.05) is 44.2 Å². The van der Waals surface area contributed by atoms with E-state index < -0.39 is 36.5 Å². The molecule has 7 nitrogen and oxygen atoms in total. The van der Waals surface area contributed by atoms with Crippen LogP contribution in [-0.2, 0) is 30.3 Å². The number of rotatable bonds is 6. The van der Waals surface area contributed by atoms with Crippen molar-refractivity contribution in [3.8, 4) is 0 Å². The van der Waals surface area contributed by atoms with Crippen LogP contribution in [0.5, 0.6) is 0 Å². The highest BCUT2D eigenvalue weighted by molar-refractivity contribution is 5.76. The predicted octanol–water partition coefficient (Wildman–Crippen LogP) is 1.82. The average molecular weight is 391 g/mol. The minimum atomic E-state index is -0.872. The second-order valence-electron chi connectivity index (χ2n) is 8.19. The van der Waals surface area contributed by atoms with Gasteiger partial charge in [-0.3, -0.25) is 4.79 Å². The van der Waals surface area contributed by atoms with Gasteiger partial charge in [0.15, 0.2) is 12.1 Å².